The topological polar surface area (TPSA) is 59.3 Å². The summed E-state index contributed by atoms with van der Waals surface area (Å²) in [5.41, 5.74) is 3.25. The zero-order valence-electron chi connectivity index (χ0n) is 14.0. The van der Waals surface area contributed by atoms with Crippen molar-refractivity contribution >= 4 is 22.8 Å². The Kier molecular flexibility index (Phi) is 4.12. The van der Waals surface area contributed by atoms with E-state index in [0.29, 0.717) is 12.2 Å². The van der Waals surface area contributed by atoms with Crippen LogP contribution in [0.4, 0.5) is 10.5 Å². The first kappa shape index (κ1) is 15.9. The number of carbonyl (C=O) groups is 1. The molecule has 2 aromatic carbocycles. The molecule has 1 N–H and O–H groups in total. The summed E-state index contributed by atoms with van der Waals surface area (Å²) in [5, 5.41) is 2.87. The summed E-state index contributed by atoms with van der Waals surface area (Å²) in [6.45, 7) is 0.527. The van der Waals surface area contributed by atoms with Crippen LogP contribution in [-0.4, -0.2) is 27.1 Å². The van der Waals surface area contributed by atoms with Crippen LogP contribution >= 0.6 is 0 Å². The van der Waals surface area contributed by atoms with Crippen molar-refractivity contribution < 1.29 is 4.79 Å². The molecule has 6 heteroatoms. The van der Waals surface area contributed by atoms with Gasteiger partial charge < -0.3 is 10.2 Å². The lowest BCUT2D eigenvalue weighted by molar-refractivity contribution is 0.220. The number of nitrogens with one attached hydrogen (secondary N) is 1. The molecule has 3 aromatic rings. The lowest BCUT2D eigenvalue weighted by Crippen LogP contribution is -2.30. The maximum atomic E-state index is 12.4. The Labute approximate surface area is 139 Å². The second-order valence-corrected chi connectivity index (χ2v) is 5.88. The highest BCUT2D eigenvalue weighted by atomic mass is 16.2. The highest BCUT2D eigenvalue weighted by Gasteiger charge is 2.12. The first-order valence-corrected chi connectivity index (χ1v) is 7.69. The highest BCUT2D eigenvalue weighted by Crippen LogP contribution is 2.18. The average Bonchev–Trinajstić information content (AvgIpc) is 2.80. The van der Waals surface area contributed by atoms with Crippen molar-refractivity contribution in [1.29, 1.82) is 0 Å². The molecular formula is C18H20N4O2. The summed E-state index contributed by atoms with van der Waals surface area (Å²) in [6, 6.07) is 15.1. The van der Waals surface area contributed by atoms with Gasteiger partial charge in [0.2, 0.25) is 0 Å². The molecule has 6 nitrogen and oxygen atoms in total. The number of benzene rings is 2. The maximum absolute atomic E-state index is 12.4. The summed E-state index contributed by atoms with van der Waals surface area (Å²) in [5.74, 6) is 0. The van der Waals surface area contributed by atoms with Gasteiger partial charge in [0, 0.05) is 33.4 Å². The molecule has 0 aliphatic heterocycles. The number of imidazole rings is 1. The van der Waals surface area contributed by atoms with Gasteiger partial charge in [-0.3, -0.25) is 9.13 Å². The molecule has 0 radical (unpaired) electrons. The van der Waals surface area contributed by atoms with Crippen LogP contribution in [0.15, 0.2) is 53.3 Å². The molecule has 0 saturated heterocycles. The van der Waals surface area contributed by atoms with E-state index in [1.807, 2.05) is 42.5 Å². The van der Waals surface area contributed by atoms with E-state index in [2.05, 4.69) is 5.32 Å². The number of amides is 2. The van der Waals surface area contributed by atoms with Gasteiger partial charge in [-0.15, -0.1) is 0 Å². The minimum absolute atomic E-state index is 0.0883. The number of rotatable bonds is 3. The van der Waals surface area contributed by atoms with Crippen molar-refractivity contribution in [3.63, 3.8) is 0 Å². The van der Waals surface area contributed by atoms with Gasteiger partial charge in [0.15, 0.2) is 0 Å². The SMILES string of the molecule is CN(Cc1ccccc1)C(=O)Nc1ccc2c(c1)n(C)c(=O)n2C. The third-order valence-electron chi connectivity index (χ3n) is 4.13. The van der Waals surface area contributed by atoms with E-state index in [0.717, 1.165) is 16.6 Å². The van der Waals surface area contributed by atoms with Gasteiger partial charge in [-0.05, 0) is 23.8 Å². The van der Waals surface area contributed by atoms with E-state index in [4.69, 9.17) is 0 Å². The molecule has 124 valence electrons. The number of carbonyl (C=O) groups excluding carboxylic acids is 1. The van der Waals surface area contributed by atoms with E-state index in [-0.39, 0.29) is 11.7 Å². The third kappa shape index (κ3) is 2.90. The molecule has 0 fully saturated rings. The molecule has 0 unspecified atom stereocenters. The second-order valence-electron chi connectivity index (χ2n) is 5.88. The van der Waals surface area contributed by atoms with Crippen LogP contribution < -0.4 is 11.0 Å². The quantitative estimate of drug-likeness (QED) is 0.805. The van der Waals surface area contributed by atoms with E-state index < -0.39 is 0 Å². The van der Waals surface area contributed by atoms with Crippen LogP contribution in [0.3, 0.4) is 0 Å². The fourth-order valence-corrected chi connectivity index (χ4v) is 2.73. The highest BCUT2D eigenvalue weighted by molar-refractivity contribution is 5.92. The van der Waals surface area contributed by atoms with Crippen molar-refractivity contribution in [3.8, 4) is 0 Å². The zero-order chi connectivity index (χ0) is 17.3. The van der Waals surface area contributed by atoms with Crippen molar-refractivity contribution in [3.05, 3.63) is 64.6 Å². The normalized spacial score (nSPS) is 10.8. The number of hydrogen-bond donors (Lipinski definition) is 1. The van der Waals surface area contributed by atoms with E-state index in [1.165, 1.54) is 0 Å². The minimum atomic E-state index is -0.195. The number of nitrogens with zero attached hydrogens (tertiary/aromatic N) is 3. The lowest BCUT2D eigenvalue weighted by Gasteiger charge is -2.18. The first-order chi connectivity index (χ1) is 11.5. The molecular weight excluding hydrogens is 304 g/mol. The van der Waals surface area contributed by atoms with Crippen LogP contribution in [0.1, 0.15) is 5.56 Å². The van der Waals surface area contributed by atoms with Crippen molar-refractivity contribution in [2.75, 3.05) is 12.4 Å². The van der Waals surface area contributed by atoms with E-state index in [9.17, 15) is 9.59 Å². The Morgan fingerprint density at radius 1 is 1.04 bits per heavy atom. The summed E-state index contributed by atoms with van der Waals surface area (Å²) in [4.78, 5) is 25.9. The molecule has 0 spiro atoms. The Morgan fingerprint density at radius 2 is 1.71 bits per heavy atom. The summed E-state index contributed by atoms with van der Waals surface area (Å²) >= 11 is 0. The van der Waals surface area contributed by atoms with Crippen LogP contribution in [0.25, 0.3) is 11.0 Å². The summed E-state index contributed by atoms with van der Waals surface area (Å²) in [6.07, 6.45) is 0. The van der Waals surface area contributed by atoms with Crippen LogP contribution in [0.2, 0.25) is 0 Å². The molecule has 1 aromatic heterocycles. The Morgan fingerprint density at radius 3 is 2.42 bits per heavy atom. The van der Waals surface area contributed by atoms with Crippen molar-refractivity contribution in [1.82, 2.24) is 14.0 Å². The lowest BCUT2D eigenvalue weighted by atomic mass is 10.2. The molecule has 0 aliphatic rings. The van der Waals surface area contributed by atoms with Gasteiger partial charge in [-0.2, -0.15) is 0 Å². The van der Waals surface area contributed by atoms with Gasteiger partial charge in [0.25, 0.3) is 0 Å². The third-order valence-corrected chi connectivity index (χ3v) is 4.13. The van der Waals surface area contributed by atoms with Gasteiger partial charge in [0.05, 0.1) is 11.0 Å². The largest absolute Gasteiger partial charge is 0.328 e. The molecule has 1 heterocycles. The first-order valence-electron chi connectivity index (χ1n) is 7.69. The number of urea groups is 1. The van der Waals surface area contributed by atoms with Crippen LogP contribution in [0.5, 0.6) is 0 Å². The predicted molar refractivity (Wildman–Crippen MR) is 95.1 cm³/mol. The van der Waals surface area contributed by atoms with Gasteiger partial charge in [0.1, 0.15) is 0 Å². The monoisotopic (exact) mass is 324 g/mol. The van der Waals surface area contributed by atoms with Crippen molar-refractivity contribution in [2.45, 2.75) is 6.54 Å². The second kappa shape index (κ2) is 6.23. The minimum Gasteiger partial charge on any atom is -0.323 e. The number of anilines is 1. The van der Waals surface area contributed by atoms with Gasteiger partial charge in [-0.25, -0.2) is 9.59 Å². The fraction of sp³-hybridized carbons (Fsp3) is 0.222. The number of hydrogen-bond acceptors (Lipinski definition) is 2. The van der Waals surface area contributed by atoms with Crippen molar-refractivity contribution in [2.24, 2.45) is 14.1 Å². The molecule has 3 rings (SSSR count). The van der Waals surface area contributed by atoms with E-state index >= 15 is 0 Å². The average molecular weight is 324 g/mol. The van der Waals surface area contributed by atoms with Gasteiger partial charge in [-0.1, -0.05) is 30.3 Å². The van der Waals surface area contributed by atoms with E-state index in [1.54, 1.807) is 41.2 Å². The fourth-order valence-electron chi connectivity index (χ4n) is 2.73. The molecule has 0 saturated carbocycles. The molecule has 0 atom stereocenters. The van der Waals surface area contributed by atoms with Crippen LogP contribution in [0, 0.1) is 0 Å². The number of aryl methyl sites for hydroxylation is 2. The number of aromatic nitrogens is 2. The Balaban J connectivity index is 1.78. The zero-order valence-corrected chi connectivity index (χ0v) is 14.0. The summed E-state index contributed by atoms with van der Waals surface area (Å²) in [7, 11) is 5.20. The van der Waals surface area contributed by atoms with Gasteiger partial charge >= 0.3 is 11.7 Å². The standard InChI is InChI=1S/C18H20N4O2/c1-20(12-13-7-5-4-6-8-13)17(23)19-14-9-10-15-16(11-14)22(3)18(24)21(15)2/h4-11H,12H2,1-3H3,(H,19,23). The van der Waals surface area contributed by atoms with Crippen LogP contribution in [-0.2, 0) is 20.6 Å². The molecule has 0 bridgehead atoms. The molecule has 2 amide bonds. The Hall–Kier alpha value is -3.02. The molecule has 0 aliphatic carbocycles. The summed E-state index contributed by atoms with van der Waals surface area (Å²) < 4.78 is 3.15. The predicted octanol–water partition coefficient (Wildman–Crippen LogP) is 2.54. The Bertz CT molecular complexity index is 941. The smallest absolute Gasteiger partial charge is 0.323 e. The maximum Gasteiger partial charge on any atom is 0.328 e. The molecule has 24 heavy (non-hydrogen) atoms. The number of fused-ring (bicyclic) bond motifs is 1.